The Labute approximate surface area is 115 Å². The molecule has 0 aliphatic heterocycles. The van der Waals surface area contributed by atoms with Gasteiger partial charge in [-0.2, -0.15) is 5.10 Å². The van der Waals surface area contributed by atoms with Crippen LogP contribution in [-0.4, -0.2) is 32.3 Å². The summed E-state index contributed by atoms with van der Waals surface area (Å²) in [7, 11) is 0. The average Bonchev–Trinajstić information content (AvgIpc) is 2.51. The molecule has 19 heavy (non-hydrogen) atoms. The molecule has 6 nitrogen and oxygen atoms in total. The van der Waals surface area contributed by atoms with Crippen LogP contribution in [0.4, 0.5) is 0 Å². The van der Waals surface area contributed by atoms with E-state index in [1.807, 2.05) is 0 Å². The maximum Gasteiger partial charge on any atom is 0.329 e. The van der Waals surface area contributed by atoms with Crippen molar-refractivity contribution in [3.63, 3.8) is 0 Å². The number of carboxylic acid groups (broad SMARTS) is 1. The number of rotatable bonds is 4. The molecule has 1 aliphatic carbocycles. The van der Waals surface area contributed by atoms with Crippen molar-refractivity contribution in [3.05, 3.63) is 16.4 Å². The summed E-state index contributed by atoms with van der Waals surface area (Å²) in [6.45, 7) is 3.51. The minimum Gasteiger partial charge on any atom is -0.480 e. The molecule has 1 fully saturated rings. The van der Waals surface area contributed by atoms with E-state index in [-0.39, 0.29) is 12.5 Å². The molecular weight excluding hydrogens is 270 g/mol. The van der Waals surface area contributed by atoms with E-state index < -0.39 is 11.5 Å². The van der Waals surface area contributed by atoms with Crippen LogP contribution >= 0.6 is 11.6 Å². The van der Waals surface area contributed by atoms with Crippen molar-refractivity contribution in [2.24, 2.45) is 0 Å². The Bertz CT molecular complexity index is 535. The van der Waals surface area contributed by atoms with E-state index in [0.717, 1.165) is 6.42 Å². The van der Waals surface area contributed by atoms with Crippen LogP contribution in [0.3, 0.4) is 0 Å². The van der Waals surface area contributed by atoms with Crippen LogP contribution in [0.2, 0.25) is 5.02 Å². The SMILES string of the molecule is Cc1nn(CC(=O)NC2(C(=O)O)CCC2)c(C)c1Cl. The van der Waals surface area contributed by atoms with Crippen molar-refractivity contribution in [3.8, 4) is 0 Å². The maximum atomic E-state index is 11.9. The van der Waals surface area contributed by atoms with Gasteiger partial charge in [0.1, 0.15) is 12.1 Å². The van der Waals surface area contributed by atoms with Crippen molar-refractivity contribution in [2.45, 2.75) is 45.2 Å². The lowest BCUT2D eigenvalue weighted by Gasteiger charge is -2.38. The Kier molecular flexibility index (Phi) is 3.54. The highest BCUT2D eigenvalue weighted by molar-refractivity contribution is 6.31. The van der Waals surface area contributed by atoms with Crippen LogP contribution in [0.5, 0.6) is 0 Å². The fraction of sp³-hybridized carbons (Fsp3) is 0.583. The summed E-state index contributed by atoms with van der Waals surface area (Å²) >= 11 is 5.99. The Hall–Kier alpha value is -1.56. The number of hydrogen-bond acceptors (Lipinski definition) is 3. The first-order valence-corrected chi connectivity index (χ1v) is 6.47. The first-order chi connectivity index (χ1) is 8.85. The van der Waals surface area contributed by atoms with Crippen LogP contribution in [0.1, 0.15) is 30.7 Å². The molecule has 104 valence electrons. The average molecular weight is 286 g/mol. The number of aromatic nitrogens is 2. The molecule has 1 amide bonds. The molecule has 0 aromatic carbocycles. The lowest BCUT2D eigenvalue weighted by Crippen LogP contribution is -2.59. The minimum absolute atomic E-state index is 0.0194. The normalized spacial score (nSPS) is 16.8. The summed E-state index contributed by atoms with van der Waals surface area (Å²) < 4.78 is 1.49. The highest BCUT2D eigenvalue weighted by Gasteiger charge is 2.45. The molecule has 0 saturated heterocycles. The van der Waals surface area contributed by atoms with Crippen molar-refractivity contribution < 1.29 is 14.7 Å². The number of carbonyl (C=O) groups is 2. The fourth-order valence-corrected chi connectivity index (χ4v) is 2.33. The van der Waals surface area contributed by atoms with Gasteiger partial charge in [0.25, 0.3) is 0 Å². The third-order valence-electron chi connectivity index (χ3n) is 3.58. The largest absolute Gasteiger partial charge is 0.480 e. The summed E-state index contributed by atoms with van der Waals surface area (Å²) in [5, 5.41) is 16.4. The van der Waals surface area contributed by atoms with Gasteiger partial charge in [-0.1, -0.05) is 11.6 Å². The van der Waals surface area contributed by atoms with Gasteiger partial charge in [0, 0.05) is 0 Å². The second-order valence-electron chi connectivity index (χ2n) is 4.93. The van der Waals surface area contributed by atoms with E-state index in [0.29, 0.717) is 29.3 Å². The van der Waals surface area contributed by atoms with Crippen LogP contribution in [0.25, 0.3) is 0 Å². The van der Waals surface area contributed by atoms with E-state index >= 15 is 0 Å². The van der Waals surface area contributed by atoms with Gasteiger partial charge in [-0.15, -0.1) is 0 Å². The quantitative estimate of drug-likeness (QED) is 0.873. The Morgan fingerprint density at radius 1 is 1.47 bits per heavy atom. The van der Waals surface area contributed by atoms with Crippen molar-refractivity contribution >= 4 is 23.5 Å². The smallest absolute Gasteiger partial charge is 0.329 e. The number of aryl methyl sites for hydroxylation is 1. The number of nitrogens with one attached hydrogen (secondary N) is 1. The number of carboxylic acids is 1. The predicted octanol–water partition coefficient (Wildman–Crippen LogP) is 1.28. The molecule has 1 heterocycles. The van der Waals surface area contributed by atoms with Crippen molar-refractivity contribution in [2.75, 3.05) is 0 Å². The highest BCUT2D eigenvalue weighted by atomic mass is 35.5. The Morgan fingerprint density at radius 2 is 2.11 bits per heavy atom. The highest BCUT2D eigenvalue weighted by Crippen LogP contribution is 2.32. The van der Waals surface area contributed by atoms with Gasteiger partial charge in [-0.05, 0) is 33.1 Å². The number of aliphatic carboxylic acids is 1. The Balaban J connectivity index is 2.05. The molecule has 0 bridgehead atoms. The van der Waals surface area contributed by atoms with Gasteiger partial charge in [-0.25, -0.2) is 4.79 Å². The van der Waals surface area contributed by atoms with Gasteiger partial charge in [0.2, 0.25) is 5.91 Å². The second-order valence-corrected chi connectivity index (χ2v) is 5.31. The molecule has 2 N–H and O–H groups in total. The first kappa shape index (κ1) is 13.9. The van der Waals surface area contributed by atoms with Gasteiger partial charge in [-0.3, -0.25) is 9.48 Å². The topological polar surface area (TPSA) is 84.2 Å². The molecule has 0 unspecified atom stereocenters. The molecule has 7 heteroatoms. The summed E-state index contributed by atoms with van der Waals surface area (Å²) in [4.78, 5) is 23.1. The lowest BCUT2D eigenvalue weighted by atomic mass is 9.77. The van der Waals surface area contributed by atoms with E-state index in [9.17, 15) is 9.59 Å². The van der Waals surface area contributed by atoms with Gasteiger partial charge < -0.3 is 10.4 Å². The number of amides is 1. The monoisotopic (exact) mass is 285 g/mol. The zero-order valence-corrected chi connectivity index (χ0v) is 11.6. The van der Waals surface area contributed by atoms with E-state index in [4.69, 9.17) is 16.7 Å². The maximum absolute atomic E-state index is 11.9. The van der Waals surface area contributed by atoms with E-state index in [1.54, 1.807) is 13.8 Å². The summed E-state index contributed by atoms with van der Waals surface area (Å²) in [5.74, 6) is -1.33. The van der Waals surface area contributed by atoms with E-state index in [2.05, 4.69) is 10.4 Å². The lowest BCUT2D eigenvalue weighted by molar-refractivity contribution is -0.151. The van der Waals surface area contributed by atoms with Gasteiger partial charge in [0.15, 0.2) is 0 Å². The molecule has 1 aliphatic rings. The van der Waals surface area contributed by atoms with Crippen molar-refractivity contribution in [1.29, 1.82) is 0 Å². The molecule has 0 spiro atoms. The van der Waals surface area contributed by atoms with Crippen molar-refractivity contribution in [1.82, 2.24) is 15.1 Å². The van der Waals surface area contributed by atoms with Crippen LogP contribution in [0, 0.1) is 13.8 Å². The fourth-order valence-electron chi connectivity index (χ4n) is 2.19. The van der Waals surface area contributed by atoms with Gasteiger partial charge >= 0.3 is 5.97 Å². The zero-order chi connectivity index (χ0) is 14.2. The molecule has 2 rings (SSSR count). The molecule has 1 saturated carbocycles. The Morgan fingerprint density at radius 3 is 2.47 bits per heavy atom. The molecule has 0 radical (unpaired) electrons. The first-order valence-electron chi connectivity index (χ1n) is 6.09. The molecule has 1 aromatic heterocycles. The standard InChI is InChI=1S/C12H16ClN3O3/c1-7-10(13)8(2)16(15-7)6-9(17)14-12(11(18)19)4-3-5-12/h3-6H2,1-2H3,(H,14,17)(H,18,19). The predicted molar refractivity (Wildman–Crippen MR) is 69.1 cm³/mol. The molecule has 0 atom stereocenters. The third kappa shape index (κ3) is 2.45. The van der Waals surface area contributed by atoms with E-state index in [1.165, 1.54) is 4.68 Å². The molecule has 1 aromatic rings. The molecular formula is C12H16ClN3O3. The summed E-state index contributed by atoms with van der Waals surface area (Å²) in [6, 6.07) is 0. The number of nitrogens with zero attached hydrogens (tertiary/aromatic N) is 2. The second kappa shape index (κ2) is 4.85. The number of hydrogen-bond donors (Lipinski definition) is 2. The minimum atomic E-state index is -1.09. The summed E-state index contributed by atoms with van der Waals surface area (Å²) in [5.41, 5.74) is 0.271. The summed E-state index contributed by atoms with van der Waals surface area (Å²) in [6.07, 6.45) is 1.77. The van der Waals surface area contributed by atoms with Gasteiger partial charge in [0.05, 0.1) is 16.4 Å². The van der Waals surface area contributed by atoms with Crippen LogP contribution in [-0.2, 0) is 16.1 Å². The zero-order valence-electron chi connectivity index (χ0n) is 10.9. The van der Waals surface area contributed by atoms with Crippen LogP contribution in [0.15, 0.2) is 0 Å². The number of halogens is 1. The number of carbonyl (C=O) groups excluding carboxylic acids is 1. The van der Waals surface area contributed by atoms with Crippen LogP contribution < -0.4 is 5.32 Å². The third-order valence-corrected chi connectivity index (χ3v) is 4.13.